The topological polar surface area (TPSA) is 55.6 Å². The molecule has 1 amide bonds. The largest absolute Gasteiger partial charge is 0.482 e. The first-order valence-electron chi connectivity index (χ1n) is 5.43. The van der Waals surface area contributed by atoms with Crippen LogP contribution in [0.25, 0.3) is 0 Å². The molecular formula is C13H14Cl2N2O2. The van der Waals surface area contributed by atoms with Crippen LogP contribution < -0.4 is 10.6 Å². The molecule has 19 heavy (non-hydrogen) atoms. The summed E-state index contributed by atoms with van der Waals surface area (Å²) >= 11 is 12.3. The molecule has 0 spiro atoms. The molecule has 0 unspecified atom stereocenters. The number of hydrogen-bond acceptors (Lipinski definition) is 3. The van der Waals surface area contributed by atoms with E-state index in [0.717, 1.165) is 11.6 Å². The van der Waals surface area contributed by atoms with Gasteiger partial charge in [-0.1, -0.05) is 41.4 Å². The molecule has 0 radical (unpaired) electrons. The van der Waals surface area contributed by atoms with Gasteiger partial charge in [0.2, 0.25) is 6.41 Å². The molecule has 0 bridgehead atoms. The number of methoxy groups -OCH3 is 1. The molecule has 0 fully saturated rings. The number of nitrogens with two attached hydrogens (primary N) is 1. The Hall–Kier alpha value is -1.65. The summed E-state index contributed by atoms with van der Waals surface area (Å²) in [6.45, 7) is 0.698. The van der Waals surface area contributed by atoms with Gasteiger partial charge in [0.1, 0.15) is 0 Å². The van der Waals surface area contributed by atoms with Crippen molar-refractivity contribution < 1.29 is 9.53 Å². The molecule has 1 aliphatic heterocycles. The summed E-state index contributed by atoms with van der Waals surface area (Å²) < 4.78 is 5.29. The molecule has 0 saturated carbocycles. The normalized spacial score (nSPS) is 13.2. The summed E-state index contributed by atoms with van der Waals surface area (Å²) in [5.41, 5.74) is 4.95. The second kappa shape index (κ2) is 7.71. The van der Waals surface area contributed by atoms with Crippen LogP contribution in [0.3, 0.4) is 0 Å². The van der Waals surface area contributed by atoms with E-state index in [1.807, 2.05) is 41.3 Å². The van der Waals surface area contributed by atoms with Crippen LogP contribution in [0.5, 0.6) is 0 Å². The average Bonchev–Trinajstić information content (AvgIpc) is 2.40. The molecule has 4 nitrogen and oxygen atoms in total. The summed E-state index contributed by atoms with van der Waals surface area (Å²) in [6.07, 6.45) is 6.09. The molecule has 0 saturated heterocycles. The van der Waals surface area contributed by atoms with E-state index in [2.05, 4.69) is 5.73 Å². The Morgan fingerprint density at radius 2 is 1.95 bits per heavy atom. The molecule has 0 atom stereocenters. The van der Waals surface area contributed by atoms with E-state index in [-0.39, 0.29) is 6.41 Å². The van der Waals surface area contributed by atoms with Crippen LogP contribution in [0.1, 0.15) is 0 Å². The number of amides is 1. The van der Waals surface area contributed by atoms with Crippen molar-refractivity contribution in [1.29, 1.82) is 0 Å². The third-order valence-electron chi connectivity index (χ3n) is 2.35. The average molecular weight is 301 g/mol. The van der Waals surface area contributed by atoms with Gasteiger partial charge in [-0.15, -0.1) is 0 Å². The third kappa shape index (κ3) is 3.91. The monoisotopic (exact) mass is 300 g/mol. The zero-order valence-electron chi connectivity index (χ0n) is 10.3. The molecule has 1 aliphatic rings. The lowest BCUT2D eigenvalue weighted by atomic mass is 10.2. The summed E-state index contributed by atoms with van der Waals surface area (Å²) in [4.78, 5) is 10.5. The molecule has 2 N–H and O–H groups in total. The lowest BCUT2D eigenvalue weighted by Crippen LogP contribution is -2.26. The molecule has 2 rings (SSSR count). The van der Waals surface area contributed by atoms with Crippen LogP contribution >= 0.6 is 23.2 Å². The number of halogens is 2. The lowest BCUT2D eigenvalue weighted by Gasteiger charge is -2.28. The van der Waals surface area contributed by atoms with E-state index in [1.165, 1.54) is 0 Å². The van der Waals surface area contributed by atoms with Crippen molar-refractivity contribution in [2.24, 2.45) is 5.73 Å². The lowest BCUT2D eigenvalue weighted by molar-refractivity contribution is -0.106. The van der Waals surface area contributed by atoms with Gasteiger partial charge in [0.25, 0.3) is 0 Å². The van der Waals surface area contributed by atoms with Crippen LogP contribution in [0.4, 0.5) is 5.69 Å². The minimum absolute atomic E-state index is 0.250. The van der Waals surface area contributed by atoms with Gasteiger partial charge in [0, 0.05) is 6.54 Å². The minimum atomic E-state index is 0.250. The van der Waals surface area contributed by atoms with E-state index in [0.29, 0.717) is 16.6 Å². The summed E-state index contributed by atoms with van der Waals surface area (Å²) in [5, 5.41) is 1.23. The number of anilines is 1. The highest BCUT2D eigenvalue weighted by Crippen LogP contribution is 2.36. The van der Waals surface area contributed by atoms with Crippen molar-refractivity contribution in [1.82, 2.24) is 0 Å². The molecule has 6 heteroatoms. The third-order valence-corrected chi connectivity index (χ3v) is 2.96. The van der Waals surface area contributed by atoms with Crippen LogP contribution in [0, 0.1) is 0 Å². The van der Waals surface area contributed by atoms with Gasteiger partial charge in [-0.05, 0) is 18.2 Å². The Balaban J connectivity index is 0.000000550. The first-order valence-corrected chi connectivity index (χ1v) is 6.19. The minimum Gasteiger partial charge on any atom is -0.482 e. The van der Waals surface area contributed by atoms with Crippen molar-refractivity contribution >= 4 is 35.3 Å². The smallest absolute Gasteiger partial charge is 0.204 e. The number of hydrogen-bond donors (Lipinski definition) is 1. The molecule has 0 aromatic heterocycles. The summed E-state index contributed by atoms with van der Waals surface area (Å²) in [6, 6.07) is 5.45. The quantitative estimate of drug-likeness (QED) is 0.854. The summed E-state index contributed by atoms with van der Waals surface area (Å²) in [7, 11) is 1.63. The number of primary amides is 1. The van der Waals surface area contributed by atoms with Gasteiger partial charge in [-0.2, -0.15) is 0 Å². The number of carbonyl (C=O) groups is 1. The van der Waals surface area contributed by atoms with Gasteiger partial charge < -0.3 is 15.4 Å². The fourth-order valence-electron chi connectivity index (χ4n) is 1.62. The number of benzene rings is 1. The SMILES string of the molecule is COC1=CC=CCN1c1c(Cl)cccc1Cl.NC=O. The van der Waals surface area contributed by atoms with Crippen molar-refractivity contribution in [3.63, 3.8) is 0 Å². The number of para-hydroxylation sites is 1. The number of nitrogens with zero attached hydrogens (tertiary/aromatic N) is 1. The number of carbonyl (C=O) groups excluding carboxylic acids is 1. The second-order valence-corrected chi connectivity index (χ2v) is 4.27. The van der Waals surface area contributed by atoms with Gasteiger partial charge in [0.05, 0.1) is 22.8 Å². The van der Waals surface area contributed by atoms with Crippen molar-refractivity contribution in [2.45, 2.75) is 0 Å². The first kappa shape index (κ1) is 15.4. The van der Waals surface area contributed by atoms with Crippen molar-refractivity contribution in [3.05, 3.63) is 52.4 Å². The van der Waals surface area contributed by atoms with Gasteiger partial charge in [0.15, 0.2) is 5.88 Å². The maximum atomic E-state index is 8.58. The highest BCUT2D eigenvalue weighted by atomic mass is 35.5. The summed E-state index contributed by atoms with van der Waals surface area (Å²) in [5.74, 6) is 0.734. The zero-order valence-corrected chi connectivity index (χ0v) is 11.9. The Morgan fingerprint density at radius 1 is 1.37 bits per heavy atom. The van der Waals surface area contributed by atoms with E-state index in [4.69, 9.17) is 32.7 Å². The zero-order chi connectivity index (χ0) is 14.3. The Labute approximate surface area is 122 Å². The van der Waals surface area contributed by atoms with Gasteiger partial charge >= 0.3 is 0 Å². The standard InChI is InChI=1S/C12H11Cl2NO.CH3NO/c1-16-11-7-2-3-8-15(11)12-9(13)5-4-6-10(12)14;2-1-3/h2-7H,8H2,1H3;1H,(H2,2,3). The Bertz CT molecular complexity index is 481. The van der Waals surface area contributed by atoms with Gasteiger partial charge in [-0.25, -0.2) is 0 Å². The Morgan fingerprint density at radius 3 is 2.47 bits per heavy atom. The van der Waals surface area contributed by atoms with E-state index in [1.54, 1.807) is 7.11 Å². The van der Waals surface area contributed by atoms with E-state index < -0.39 is 0 Å². The van der Waals surface area contributed by atoms with E-state index in [9.17, 15) is 0 Å². The molecule has 1 aromatic rings. The predicted octanol–water partition coefficient (Wildman–Crippen LogP) is 2.96. The molecule has 1 heterocycles. The highest BCUT2D eigenvalue weighted by Gasteiger charge is 2.18. The molecular weight excluding hydrogens is 287 g/mol. The molecule has 1 aromatic carbocycles. The highest BCUT2D eigenvalue weighted by molar-refractivity contribution is 6.39. The van der Waals surface area contributed by atoms with Crippen LogP contribution in [0.2, 0.25) is 10.0 Å². The molecule has 102 valence electrons. The maximum Gasteiger partial charge on any atom is 0.204 e. The number of rotatable bonds is 2. The fourth-order valence-corrected chi connectivity index (χ4v) is 2.22. The number of allylic oxidation sites excluding steroid dienone is 2. The van der Waals surface area contributed by atoms with Crippen molar-refractivity contribution in [2.75, 3.05) is 18.6 Å². The number of ether oxygens (including phenoxy) is 1. The maximum absolute atomic E-state index is 8.58. The molecule has 0 aliphatic carbocycles. The van der Waals surface area contributed by atoms with Crippen LogP contribution in [-0.2, 0) is 9.53 Å². The van der Waals surface area contributed by atoms with Crippen LogP contribution in [-0.4, -0.2) is 20.1 Å². The first-order chi connectivity index (χ1) is 9.15. The Kier molecular flexibility index (Phi) is 6.25. The second-order valence-electron chi connectivity index (χ2n) is 3.45. The van der Waals surface area contributed by atoms with Crippen molar-refractivity contribution in [3.8, 4) is 0 Å². The van der Waals surface area contributed by atoms with Crippen LogP contribution in [0.15, 0.2) is 42.3 Å². The van der Waals surface area contributed by atoms with Gasteiger partial charge in [-0.3, -0.25) is 4.79 Å². The predicted molar refractivity (Wildman–Crippen MR) is 78.3 cm³/mol. The van der Waals surface area contributed by atoms with E-state index >= 15 is 0 Å². The fraction of sp³-hybridized carbons (Fsp3) is 0.154.